The van der Waals surface area contributed by atoms with E-state index in [0.29, 0.717) is 16.9 Å². The first kappa shape index (κ1) is 14.5. The van der Waals surface area contributed by atoms with Gasteiger partial charge in [-0.2, -0.15) is 5.26 Å². The quantitative estimate of drug-likeness (QED) is 0.938. The molecule has 0 aromatic heterocycles. The Bertz CT molecular complexity index is 677. The summed E-state index contributed by atoms with van der Waals surface area (Å²) < 4.78 is 13.6. The van der Waals surface area contributed by atoms with Crippen LogP contribution in [-0.4, -0.2) is 19.5 Å². The Labute approximate surface area is 122 Å². The highest BCUT2D eigenvalue weighted by Crippen LogP contribution is 2.17. The SMILES string of the molecule is CN(CC(=O)Nc1ccc(C#N)cc1)c1ccccc1F. The summed E-state index contributed by atoms with van der Waals surface area (Å²) in [7, 11) is 1.65. The zero-order valence-corrected chi connectivity index (χ0v) is 11.5. The molecule has 0 radical (unpaired) electrons. The number of halogens is 1. The van der Waals surface area contributed by atoms with Crippen LogP contribution in [0.5, 0.6) is 0 Å². The summed E-state index contributed by atoms with van der Waals surface area (Å²) in [5, 5.41) is 11.4. The molecule has 2 aromatic carbocycles. The van der Waals surface area contributed by atoms with Gasteiger partial charge in [0.25, 0.3) is 0 Å². The fourth-order valence-electron chi connectivity index (χ4n) is 1.89. The molecule has 5 heteroatoms. The van der Waals surface area contributed by atoms with Crippen LogP contribution in [-0.2, 0) is 4.79 Å². The first-order chi connectivity index (χ1) is 10.1. The van der Waals surface area contributed by atoms with Crippen molar-refractivity contribution in [1.29, 1.82) is 5.26 Å². The van der Waals surface area contributed by atoms with Crippen LogP contribution in [0.15, 0.2) is 48.5 Å². The van der Waals surface area contributed by atoms with Gasteiger partial charge in [-0.05, 0) is 36.4 Å². The Hall–Kier alpha value is -2.87. The van der Waals surface area contributed by atoms with Crippen LogP contribution in [0.2, 0.25) is 0 Å². The third-order valence-electron chi connectivity index (χ3n) is 2.94. The van der Waals surface area contributed by atoms with Gasteiger partial charge in [-0.25, -0.2) is 4.39 Å². The summed E-state index contributed by atoms with van der Waals surface area (Å²) in [6.07, 6.45) is 0. The van der Waals surface area contributed by atoms with Crippen LogP contribution in [0.4, 0.5) is 15.8 Å². The van der Waals surface area contributed by atoms with E-state index in [2.05, 4.69) is 5.32 Å². The highest BCUT2D eigenvalue weighted by Gasteiger charge is 2.11. The average molecular weight is 283 g/mol. The molecule has 0 fully saturated rings. The molecule has 0 aliphatic carbocycles. The lowest BCUT2D eigenvalue weighted by Crippen LogP contribution is -2.30. The summed E-state index contributed by atoms with van der Waals surface area (Å²) in [4.78, 5) is 13.5. The van der Waals surface area contributed by atoms with Gasteiger partial charge in [0.05, 0.1) is 23.9 Å². The van der Waals surface area contributed by atoms with Gasteiger partial charge in [0.2, 0.25) is 5.91 Å². The van der Waals surface area contributed by atoms with Gasteiger partial charge in [0.15, 0.2) is 0 Å². The largest absolute Gasteiger partial charge is 0.363 e. The molecule has 0 aliphatic rings. The molecule has 21 heavy (non-hydrogen) atoms. The maximum Gasteiger partial charge on any atom is 0.243 e. The van der Waals surface area contributed by atoms with Crippen LogP contribution < -0.4 is 10.2 Å². The van der Waals surface area contributed by atoms with Crippen molar-refractivity contribution in [2.75, 3.05) is 23.8 Å². The lowest BCUT2D eigenvalue weighted by atomic mass is 10.2. The summed E-state index contributed by atoms with van der Waals surface area (Å²) >= 11 is 0. The fourth-order valence-corrected chi connectivity index (χ4v) is 1.89. The van der Waals surface area contributed by atoms with E-state index in [0.717, 1.165) is 0 Å². The first-order valence-electron chi connectivity index (χ1n) is 6.36. The van der Waals surface area contributed by atoms with E-state index in [4.69, 9.17) is 5.26 Å². The van der Waals surface area contributed by atoms with Crippen molar-refractivity contribution in [3.05, 3.63) is 59.9 Å². The van der Waals surface area contributed by atoms with E-state index in [9.17, 15) is 9.18 Å². The molecule has 2 aromatic rings. The second kappa shape index (κ2) is 6.53. The maximum atomic E-state index is 13.6. The van der Waals surface area contributed by atoms with E-state index in [-0.39, 0.29) is 18.3 Å². The van der Waals surface area contributed by atoms with E-state index in [1.54, 1.807) is 49.5 Å². The minimum Gasteiger partial charge on any atom is -0.363 e. The zero-order chi connectivity index (χ0) is 15.2. The second-order valence-electron chi connectivity index (χ2n) is 4.54. The van der Waals surface area contributed by atoms with Crippen molar-refractivity contribution in [2.24, 2.45) is 0 Å². The highest BCUT2D eigenvalue weighted by molar-refractivity contribution is 5.94. The Morgan fingerprint density at radius 3 is 2.52 bits per heavy atom. The molecule has 0 saturated heterocycles. The molecular formula is C16H14FN3O. The van der Waals surface area contributed by atoms with E-state index < -0.39 is 0 Å². The molecule has 0 bridgehead atoms. The number of hydrogen-bond acceptors (Lipinski definition) is 3. The number of carbonyl (C=O) groups is 1. The summed E-state index contributed by atoms with van der Waals surface area (Å²) in [6.45, 7) is 0.0287. The summed E-state index contributed by atoms with van der Waals surface area (Å²) in [5.74, 6) is -0.628. The topological polar surface area (TPSA) is 56.1 Å². The predicted octanol–water partition coefficient (Wildman–Crippen LogP) is 2.77. The van der Waals surface area contributed by atoms with Crippen LogP contribution >= 0.6 is 0 Å². The average Bonchev–Trinajstić information content (AvgIpc) is 2.48. The third kappa shape index (κ3) is 3.80. The number of likely N-dealkylation sites (N-methyl/N-ethyl adjacent to an activating group) is 1. The molecule has 0 atom stereocenters. The Balaban J connectivity index is 1.98. The fraction of sp³-hybridized carbons (Fsp3) is 0.125. The van der Waals surface area contributed by atoms with Crippen LogP contribution in [0.3, 0.4) is 0 Å². The minimum absolute atomic E-state index is 0.0287. The predicted molar refractivity (Wildman–Crippen MR) is 79.5 cm³/mol. The monoisotopic (exact) mass is 283 g/mol. The number of anilines is 2. The Morgan fingerprint density at radius 1 is 1.24 bits per heavy atom. The van der Waals surface area contributed by atoms with Gasteiger partial charge in [0.1, 0.15) is 5.82 Å². The Morgan fingerprint density at radius 2 is 1.90 bits per heavy atom. The number of carbonyl (C=O) groups excluding carboxylic acids is 1. The molecule has 0 spiro atoms. The number of amides is 1. The van der Waals surface area contributed by atoms with Gasteiger partial charge < -0.3 is 10.2 Å². The highest BCUT2D eigenvalue weighted by atomic mass is 19.1. The van der Waals surface area contributed by atoms with E-state index in [1.165, 1.54) is 11.0 Å². The van der Waals surface area contributed by atoms with Gasteiger partial charge in [0, 0.05) is 12.7 Å². The molecule has 2 rings (SSSR count). The molecule has 0 saturated carbocycles. The number of nitriles is 1. The van der Waals surface area contributed by atoms with Crippen LogP contribution in [0.25, 0.3) is 0 Å². The van der Waals surface area contributed by atoms with Crippen molar-refractivity contribution < 1.29 is 9.18 Å². The molecule has 0 aliphatic heterocycles. The molecule has 4 nitrogen and oxygen atoms in total. The lowest BCUT2D eigenvalue weighted by molar-refractivity contribution is -0.114. The third-order valence-corrected chi connectivity index (χ3v) is 2.94. The molecule has 106 valence electrons. The number of benzene rings is 2. The standard InChI is InChI=1S/C16H14FN3O/c1-20(15-5-3-2-4-14(15)17)11-16(21)19-13-8-6-12(10-18)7-9-13/h2-9H,11H2,1H3,(H,19,21). The molecule has 0 unspecified atom stereocenters. The van der Waals surface area contributed by atoms with Crippen molar-refractivity contribution >= 4 is 17.3 Å². The van der Waals surface area contributed by atoms with Crippen molar-refractivity contribution in [1.82, 2.24) is 0 Å². The van der Waals surface area contributed by atoms with Gasteiger partial charge >= 0.3 is 0 Å². The van der Waals surface area contributed by atoms with Crippen LogP contribution in [0.1, 0.15) is 5.56 Å². The minimum atomic E-state index is -0.369. The van der Waals surface area contributed by atoms with Crippen molar-refractivity contribution in [3.63, 3.8) is 0 Å². The lowest BCUT2D eigenvalue weighted by Gasteiger charge is -2.19. The van der Waals surface area contributed by atoms with E-state index >= 15 is 0 Å². The smallest absolute Gasteiger partial charge is 0.243 e. The first-order valence-corrected chi connectivity index (χ1v) is 6.36. The van der Waals surface area contributed by atoms with Crippen molar-refractivity contribution in [2.45, 2.75) is 0 Å². The Kier molecular flexibility index (Phi) is 4.52. The maximum absolute atomic E-state index is 13.6. The normalized spacial score (nSPS) is 9.76. The number of nitrogens with one attached hydrogen (secondary N) is 1. The second-order valence-corrected chi connectivity index (χ2v) is 4.54. The summed E-state index contributed by atoms with van der Waals surface area (Å²) in [6, 6.07) is 14.8. The molecule has 0 heterocycles. The van der Waals surface area contributed by atoms with E-state index in [1.807, 2.05) is 6.07 Å². The molecule has 1 N–H and O–H groups in total. The molecular weight excluding hydrogens is 269 g/mol. The number of hydrogen-bond donors (Lipinski definition) is 1. The van der Waals surface area contributed by atoms with Gasteiger partial charge in [-0.1, -0.05) is 12.1 Å². The van der Waals surface area contributed by atoms with Gasteiger partial charge in [-0.3, -0.25) is 4.79 Å². The number of nitrogens with zero attached hydrogens (tertiary/aromatic N) is 2. The van der Waals surface area contributed by atoms with Crippen LogP contribution in [0, 0.1) is 17.1 Å². The molecule has 1 amide bonds. The number of rotatable bonds is 4. The number of para-hydroxylation sites is 1. The summed E-state index contributed by atoms with van der Waals surface area (Å²) in [5.41, 5.74) is 1.49. The zero-order valence-electron chi connectivity index (χ0n) is 11.5. The van der Waals surface area contributed by atoms with Crippen molar-refractivity contribution in [3.8, 4) is 6.07 Å². The van der Waals surface area contributed by atoms with Gasteiger partial charge in [-0.15, -0.1) is 0 Å².